The van der Waals surface area contributed by atoms with Crippen molar-refractivity contribution in [2.45, 2.75) is 69.0 Å². The maximum atomic E-state index is 11.5. The van der Waals surface area contributed by atoms with Gasteiger partial charge in [-0.15, -0.1) is 0 Å². The van der Waals surface area contributed by atoms with Crippen LogP contribution in [-0.4, -0.2) is 80.4 Å². The van der Waals surface area contributed by atoms with Crippen LogP contribution in [0.1, 0.15) is 26.7 Å². The van der Waals surface area contributed by atoms with Crippen LogP contribution < -0.4 is 0 Å². The van der Waals surface area contributed by atoms with Crippen molar-refractivity contribution in [2.75, 3.05) is 6.61 Å². The molecule has 0 amide bonds. The molecule has 9 unspecified atom stereocenters. The Morgan fingerprint density at radius 3 is 2.59 bits per heavy atom. The van der Waals surface area contributed by atoms with E-state index in [1.54, 1.807) is 6.92 Å². The van der Waals surface area contributed by atoms with Crippen LogP contribution in [0.2, 0.25) is 0 Å². The van der Waals surface area contributed by atoms with Gasteiger partial charge in [-0.05, 0) is 31.8 Å². The minimum absolute atomic E-state index is 0.0129. The third kappa shape index (κ3) is 3.58. The second-order valence-corrected chi connectivity index (χ2v) is 7.52. The van der Waals surface area contributed by atoms with Crippen LogP contribution in [0.5, 0.6) is 0 Å². The third-order valence-electron chi connectivity index (χ3n) is 5.58. The Balaban J connectivity index is 1.81. The third-order valence-corrected chi connectivity index (χ3v) is 5.58. The van der Waals surface area contributed by atoms with E-state index in [1.165, 1.54) is 13.2 Å². The zero-order chi connectivity index (χ0) is 20.0. The molecule has 10 heteroatoms. The number of ether oxygens (including phenoxy) is 4. The number of aliphatic hydroxyl groups is 5. The second kappa shape index (κ2) is 7.28. The fourth-order valence-electron chi connectivity index (χ4n) is 4.16. The quantitative estimate of drug-likeness (QED) is 0.352. The predicted molar refractivity (Wildman–Crippen MR) is 86.4 cm³/mol. The van der Waals surface area contributed by atoms with E-state index in [9.17, 15) is 30.3 Å². The number of carbonyl (C=O) groups is 1. The molecule has 3 rings (SSSR count). The van der Waals surface area contributed by atoms with E-state index in [4.69, 9.17) is 18.9 Å². The van der Waals surface area contributed by atoms with E-state index in [1.807, 2.05) is 6.08 Å². The highest BCUT2D eigenvalue weighted by atomic mass is 16.8. The summed E-state index contributed by atoms with van der Waals surface area (Å²) in [6.45, 7) is 2.04. The monoisotopic (exact) mass is 390 g/mol. The van der Waals surface area contributed by atoms with Gasteiger partial charge in [-0.1, -0.05) is 0 Å². The molecular weight excluding hydrogens is 364 g/mol. The summed E-state index contributed by atoms with van der Waals surface area (Å²) in [6, 6.07) is 0. The summed E-state index contributed by atoms with van der Waals surface area (Å²) in [5.41, 5.74) is -0.878. The van der Waals surface area contributed by atoms with Crippen molar-refractivity contribution in [3.05, 3.63) is 12.3 Å². The average Bonchev–Trinajstić information content (AvgIpc) is 2.95. The normalized spacial score (nSPS) is 49.4. The summed E-state index contributed by atoms with van der Waals surface area (Å²) >= 11 is 0. The van der Waals surface area contributed by atoms with Crippen molar-refractivity contribution in [2.24, 2.45) is 11.8 Å². The van der Waals surface area contributed by atoms with Gasteiger partial charge in [0.2, 0.25) is 12.1 Å². The highest BCUT2D eigenvalue weighted by Gasteiger charge is 2.57. The standard InChI is InChI=1S/C17H26O10/c1-8(19)26-16(2)5-3-9-4-6-24-14(10(9)16)25-15-12(21)11(20)13(22)17(23,7-18)27-15/h4,6,9-15,18,20-23H,3,5,7H2,1-2H3. The molecule has 1 saturated carbocycles. The van der Waals surface area contributed by atoms with Crippen molar-refractivity contribution < 1.29 is 49.3 Å². The van der Waals surface area contributed by atoms with Crippen LogP contribution in [0.4, 0.5) is 0 Å². The molecule has 3 aliphatic rings. The number of esters is 1. The van der Waals surface area contributed by atoms with Gasteiger partial charge in [0.15, 0.2) is 6.29 Å². The summed E-state index contributed by atoms with van der Waals surface area (Å²) in [5, 5.41) is 49.4. The zero-order valence-electron chi connectivity index (χ0n) is 15.1. The summed E-state index contributed by atoms with van der Waals surface area (Å²) in [4.78, 5) is 11.5. The van der Waals surface area contributed by atoms with E-state index < -0.39 is 60.8 Å². The van der Waals surface area contributed by atoms with E-state index in [-0.39, 0.29) is 5.92 Å². The van der Waals surface area contributed by atoms with Crippen LogP contribution >= 0.6 is 0 Å². The van der Waals surface area contributed by atoms with Crippen molar-refractivity contribution in [1.82, 2.24) is 0 Å². The lowest BCUT2D eigenvalue weighted by Gasteiger charge is -2.46. The van der Waals surface area contributed by atoms with Gasteiger partial charge in [-0.25, -0.2) is 0 Å². The molecule has 27 heavy (non-hydrogen) atoms. The fourth-order valence-corrected chi connectivity index (χ4v) is 4.16. The lowest BCUT2D eigenvalue weighted by atomic mass is 9.85. The SMILES string of the molecule is CC(=O)OC1(C)CCC2C=COC(OC3OC(O)(CO)C(O)C(O)C3O)C21. The molecule has 1 saturated heterocycles. The Labute approximate surface area is 155 Å². The van der Waals surface area contributed by atoms with Crippen molar-refractivity contribution in [3.63, 3.8) is 0 Å². The number of carbonyl (C=O) groups excluding carboxylic acids is 1. The Hall–Kier alpha value is -1.27. The topological polar surface area (TPSA) is 155 Å². The van der Waals surface area contributed by atoms with Gasteiger partial charge < -0.3 is 44.5 Å². The van der Waals surface area contributed by atoms with Gasteiger partial charge >= 0.3 is 5.97 Å². The van der Waals surface area contributed by atoms with E-state index in [0.29, 0.717) is 6.42 Å². The van der Waals surface area contributed by atoms with Gasteiger partial charge in [0, 0.05) is 6.92 Å². The maximum Gasteiger partial charge on any atom is 0.303 e. The smallest absolute Gasteiger partial charge is 0.303 e. The van der Waals surface area contributed by atoms with Crippen LogP contribution in [0.25, 0.3) is 0 Å². The first-order chi connectivity index (χ1) is 12.6. The van der Waals surface area contributed by atoms with Crippen molar-refractivity contribution in [1.29, 1.82) is 0 Å². The summed E-state index contributed by atoms with van der Waals surface area (Å²) in [6.07, 6.45) is -3.51. The molecule has 154 valence electrons. The Morgan fingerprint density at radius 1 is 1.26 bits per heavy atom. The molecule has 10 nitrogen and oxygen atoms in total. The molecular formula is C17H26O10. The van der Waals surface area contributed by atoms with Crippen molar-refractivity contribution in [3.8, 4) is 0 Å². The number of fused-ring (bicyclic) bond motifs is 1. The first kappa shape index (κ1) is 20.5. The molecule has 5 N–H and O–H groups in total. The molecule has 0 spiro atoms. The summed E-state index contributed by atoms with van der Waals surface area (Å²) in [5.74, 6) is -3.40. The molecule has 0 radical (unpaired) electrons. The molecule has 0 aromatic heterocycles. The number of hydrogen-bond donors (Lipinski definition) is 5. The molecule has 2 aliphatic heterocycles. The fraction of sp³-hybridized carbons (Fsp3) is 0.824. The largest absolute Gasteiger partial charge is 0.472 e. The van der Waals surface area contributed by atoms with E-state index >= 15 is 0 Å². The van der Waals surface area contributed by atoms with Crippen LogP contribution in [-0.2, 0) is 23.7 Å². The Kier molecular flexibility index (Phi) is 5.52. The number of aliphatic hydroxyl groups excluding tert-OH is 4. The van der Waals surface area contributed by atoms with Crippen LogP contribution in [0.3, 0.4) is 0 Å². The average molecular weight is 390 g/mol. The second-order valence-electron chi connectivity index (χ2n) is 7.52. The van der Waals surface area contributed by atoms with Crippen LogP contribution in [0.15, 0.2) is 12.3 Å². The molecule has 9 atom stereocenters. The molecule has 2 heterocycles. The zero-order valence-corrected chi connectivity index (χ0v) is 15.1. The van der Waals surface area contributed by atoms with Crippen molar-refractivity contribution >= 4 is 5.97 Å². The summed E-state index contributed by atoms with van der Waals surface area (Å²) < 4.78 is 21.8. The summed E-state index contributed by atoms with van der Waals surface area (Å²) in [7, 11) is 0. The van der Waals surface area contributed by atoms with Gasteiger partial charge in [0.05, 0.1) is 18.8 Å². The molecule has 0 bridgehead atoms. The maximum absolute atomic E-state index is 11.5. The highest BCUT2D eigenvalue weighted by molar-refractivity contribution is 5.66. The minimum Gasteiger partial charge on any atom is -0.472 e. The Morgan fingerprint density at radius 2 is 1.96 bits per heavy atom. The van der Waals surface area contributed by atoms with E-state index in [0.717, 1.165) is 6.42 Å². The lowest BCUT2D eigenvalue weighted by Crippen LogP contribution is -2.67. The predicted octanol–water partition coefficient (Wildman–Crippen LogP) is -1.66. The van der Waals surface area contributed by atoms with Gasteiger partial charge in [-0.3, -0.25) is 4.79 Å². The number of allylic oxidation sites excluding steroid dienone is 1. The minimum atomic E-state index is -2.51. The number of rotatable bonds is 4. The molecule has 2 fully saturated rings. The van der Waals surface area contributed by atoms with Crippen LogP contribution in [0, 0.1) is 11.8 Å². The first-order valence-corrected chi connectivity index (χ1v) is 8.84. The Bertz CT molecular complexity index is 596. The number of hydrogen-bond acceptors (Lipinski definition) is 10. The van der Waals surface area contributed by atoms with Gasteiger partial charge in [0.25, 0.3) is 0 Å². The highest BCUT2D eigenvalue weighted by Crippen LogP contribution is 2.48. The van der Waals surface area contributed by atoms with E-state index in [2.05, 4.69) is 0 Å². The molecule has 0 aromatic carbocycles. The first-order valence-electron chi connectivity index (χ1n) is 8.84. The molecule has 0 aromatic rings. The molecule has 1 aliphatic carbocycles. The van der Waals surface area contributed by atoms with Gasteiger partial charge in [-0.2, -0.15) is 0 Å². The van der Waals surface area contributed by atoms with Gasteiger partial charge in [0.1, 0.15) is 23.9 Å². The lowest BCUT2D eigenvalue weighted by molar-refractivity contribution is -0.417.